The quantitative estimate of drug-likeness (QED) is 0.0256. The van der Waals surface area contributed by atoms with Crippen molar-refractivity contribution in [3.8, 4) is 11.5 Å². The van der Waals surface area contributed by atoms with Crippen LogP contribution in [0.5, 0.6) is 11.5 Å². The van der Waals surface area contributed by atoms with Crippen molar-refractivity contribution in [2.24, 2.45) is 0 Å². The first-order chi connectivity index (χ1) is 36.0. The minimum atomic E-state index is -2.01. The Morgan fingerprint density at radius 1 is 0.342 bits per heavy atom. The van der Waals surface area contributed by atoms with Crippen molar-refractivity contribution in [3.63, 3.8) is 0 Å². The molecule has 9 rings (SSSR count). The van der Waals surface area contributed by atoms with E-state index in [4.69, 9.17) is 37.2 Å². The van der Waals surface area contributed by atoms with E-state index in [0.717, 1.165) is 85.6 Å². The van der Waals surface area contributed by atoms with Gasteiger partial charge in [0.2, 0.25) is 5.60 Å². The zero-order valence-electron chi connectivity index (χ0n) is 45.4. The van der Waals surface area contributed by atoms with Crippen molar-refractivity contribution in [2.45, 2.75) is 250 Å². The first-order valence-corrected chi connectivity index (χ1v) is 31.7. The Kier molecular flexibility index (Phi) is 22.4. The van der Waals surface area contributed by atoms with E-state index in [1.165, 1.54) is 164 Å². The third-order valence-electron chi connectivity index (χ3n) is 16.0. The number of hydrogen-bond acceptors (Lipinski definition) is 8. The van der Waals surface area contributed by atoms with E-state index in [1.807, 2.05) is 0 Å². The highest BCUT2D eigenvalue weighted by Gasteiger charge is 2.81. The van der Waals surface area contributed by atoms with Crippen LogP contribution in [0.25, 0.3) is 0 Å². The summed E-state index contributed by atoms with van der Waals surface area (Å²) >= 11 is 0. The SMILES string of the molecule is CCCCCCCCCc1ccc(C23OP(OOC4(c5ccc(CCCCCCCCC)cc5)c5ccc(CCCCCCCCC)c6c5OP(OOC24c2ccc(CCCCCCCCC)cc2)O6)O3)cc1. The van der Waals surface area contributed by atoms with Gasteiger partial charge in [-0.2, -0.15) is 4.67 Å². The summed E-state index contributed by atoms with van der Waals surface area (Å²) in [6.07, 6.45) is 39.1. The largest absolute Gasteiger partial charge is 0.493 e. The second kappa shape index (κ2) is 29.0. The fraction of sp³-hybridized carbons (Fsp3) is 0.619. The maximum absolute atomic E-state index is 7.25. The molecule has 0 amide bonds. The fourth-order valence-electron chi connectivity index (χ4n) is 11.6. The minimum Gasteiger partial charge on any atom is -0.412 e. The third-order valence-corrected chi connectivity index (χ3v) is 17.9. The molecule has 4 aromatic rings. The molecule has 10 heteroatoms. The van der Waals surface area contributed by atoms with Crippen molar-refractivity contribution in [2.75, 3.05) is 0 Å². The van der Waals surface area contributed by atoms with Gasteiger partial charge < -0.3 is 9.05 Å². The van der Waals surface area contributed by atoms with Crippen LogP contribution in [0.15, 0.2) is 84.9 Å². The van der Waals surface area contributed by atoms with Crippen molar-refractivity contribution in [3.05, 3.63) is 129 Å². The van der Waals surface area contributed by atoms with Gasteiger partial charge in [-0.05, 0) is 84.7 Å². The topological polar surface area (TPSA) is 73.8 Å². The van der Waals surface area contributed by atoms with Crippen LogP contribution in [0.1, 0.15) is 252 Å². The Balaban J connectivity index is 1.20. The molecule has 4 aromatic carbocycles. The van der Waals surface area contributed by atoms with E-state index in [2.05, 4.69) is 113 Å². The van der Waals surface area contributed by atoms with Crippen molar-refractivity contribution >= 4 is 17.2 Å². The molecule has 3 atom stereocenters. The second-order valence-corrected chi connectivity index (χ2v) is 23.5. The van der Waals surface area contributed by atoms with Gasteiger partial charge in [-0.25, -0.2) is 9.78 Å². The summed E-state index contributed by atoms with van der Waals surface area (Å²) in [6.45, 7) is 9.11. The molecule has 5 aliphatic rings. The first-order valence-electron chi connectivity index (χ1n) is 29.5. The highest BCUT2D eigenvalue weighted by molar-refractivity contribution is 7.43. The lowest BCUT2D eigenvalue weighted by atomic mass is 9.63. The summed E-state index contributed by atoms with van der Waals surface area (Å²) in [4.78, 5) is 14.4. The predicted molar refractivity (Wildman–Crippen MR) is 298 cm³/mol. The number of rotatable bonds is 35. The molecule has 3 fully saturated rings. The molecule has 400 valence electrons. The van der Waals surface area contributed by atoms with Crippen LogP contribution in [0.2, 0.25) is 0 Å². The summed E-state index contributed by atoms with van der Waals surface area (Å²) in [5.41, 5.74) is 4.70. The van der Waals surface area contributed by atoms with Gasteiger partial charge in [0.15, 0.2) is 17.1 Å². The molecule has 73 heavy (non-hydrogen) atoms. The average molecular weight is 1040 g/mol. The first kappa shape index (κ1) is 56.3. The Bertz CT molecular complexity index is 2210. The summed E-state index contributed by atoms with van der Waals surface area (Å²) in [6, 6.07) is 30.8. The van der Waals surface area contributed by atoms with Crippen LogP contribution in [-0.4, -0.2) is 0 Å². The Morgan fingerprint density at radius 2 is 0.726 bits per heavy atom. The molecule has 4 bridgehead atoms. The third kappa shape index (κ3) is 13.4. The van der Waals surface area contributed by atoms with Gasteiger partial charge in [0.25, 0.3) is 5.79 Å². The lowest BCUT2D eigenvalue weighted by Gasteiger charge is -2.56. The lowest BCUT2D eigenvalue weighted by molar-refractivity contribution is -0.446. The molecule has 3 saturated heterocycles. The van der Waals surface area contributed by atoms with E-state index in [-0.39, 0.29) is 0 Å². The molecule has 0 N–H and O–H groups in total. The molecule has 0 spiro atoms. The molecular formula is C63H90O8P2. The van der Waals surface area contributed by atoms with Crippen molar-refractivity contribution in [1.82, 2.24) is 0 Å². The Labute approximate surface area is 443 Å². The maximum atomic E-state index is 7.25. The summed E-state index contributed by atoms with van der Waals surface area (Å²) in [7, 11) is -3.96. The predicted octanol–water partition coefficient (Wildman–Crippen LogP) is 20.0. The summed E-state index contributed by atoms with van der Waals surface area (Å²) in [5, 5.41) is 0. The molecule has 8 nitrogen and oxygen atoms in total. The van der Waals surface area contributed by atoms with Gasteiger partial charge in [0.1, 0.15) is 0 Å². The molecule has 0 aliphatic carbocycles. The van der Waals surface area contributed by atoms with Crippen LogP contribution >= 0.6 is 17.2 Å². The van der Waals surface area contributed by atoms with Crippen LogP contribution in [-0.2, 0) is 70.8 Å². The van der Waals surface area contributed by atoms with Crippen molar-refractivity contribution in [1.29, 1.82) is 0 Å². The standard InChI is InChI=1S/C63H90O8P2/c1-5-9-13-17-21-25-29-33-51-37-44-55(45-38-51)61-58-50-43-54(36-32-28-24-20-16-12-8-4)59-60(58)65-72(64-59)71-67-62(61,56-46-39-52(40-47-56)34-30-26-22-18-14-10-6-2)63(68-73(69-63)70-66-61)57-48-41-53(42-49-57)35-31-27-23-19-15-11-7-3/h37-50H,5-36H2,1-4H3. The van der Waals surface area contributed by atoms with Crippen LogP contribution < -0.4 is 9.05 Å². The lowest BCUT2D eigenvalue weighted by Crippen LogP contribution is -2.66. The Morgan fingerprint density at radius 3 is 1.19 bits per heavy atom. The van der Waals surface area contributed by atoms with Crippen LogP contribution in [0.4, 0.5) is 0 Å². The molecule has 0 radical (unpaired) electrons. The van der Waals surface area contributed by atoms with E-state index < -0.39 is 34.2 Å². The zero-order valence-corrected chi connectivity index (χ0v) is 47.2. The van der Waals surface area contributed by atoms with Crippen molar-refractivity contribution < 1.29 is 37.2 Å². The summed E-state index contributed by atoms with van der Waals surface area (Å²) in [5.74, 6) is -0.303. The number of hydrogen-bond donors (Lipinski definition) is 0. The highest BCUT2D eigenvalue weighted by atomic mass is 31.2. The number of benzene rings is 4. The van der Waals surface area contributed by atoms with Gasteiger partial charge in [0, 0.05) is 11.1 Å². The van der Waals surface area contributed by atoms with E-state index >= 15 is 0 Å². The monoisotopic (exact) mass is 1040 g/mol. The molecular weight excluding hydrogens is 947 g/mol. The van der Waals surface area contributed by atoms with E-state index in [0.29, 0.717) is 11.5 Å². The Hall–Kier alpha value is -2.90. The molecule has 5 heterocycles. The minimum absolute atomic E-state index is 0.595. The maximum Gasteiger partial charge on any atom is 0.493 e. The molecule has 0 saturated carbocycles. The summed E-state index contributed by atoms with van der Waals surface area (Å²) < 4.78 is 40.7. The number of aryl methyl sites for hydroxylation is 4. The normalized spacial score (nSPS) is 22.7. The zero-order chi connectivity index (χ0) is 50.6. The molecule has 5 aliphatic heterocycles. The van der Waals surface area contributed by atoms with E-state index in [1.54, 1.807) is 0 Å². The number of fused-ring (bicyclic) bond motifs is 2. The van der Waals surface area contributed by atoms with Gasteiger partial charge in [-0.1, -0.05) is 267 Å². The average Bonchev–Trinajstić information content (AvgIpc) is 3.75. The number of unbranched alkanes of at least 4 members (excludes halogenated alkanes) is 24. The van der Waals surface area contributed by atoms with Gasteiger partial charge in [0.05, 0.1) is 0 Å². The molecule has 3 unspecified atom stereocenters. The van der Waals surface area contributed by atoms with Crippen LogP contribution in [0.3, 0.4) is 0 Å². The van der Waals surface area contributed by atoms with Gasteiger partial charge in [-0.3, -0.25) is 9.05 Å². The second-order valence-electron chi connectivity index (χ2n) is 21.6. The van der Waals surface area contributed by atoms with Crippen LogP contribution in [0, 0.1) is 0 Å². The molecule has 0 aromatic heterocycles. The van der Waals surface area contributed by atoms with Gasteiger partial charge in [-0.15, -0.1) is 4.67 Å². The smallest absolute Gasteiger partial charge is 0.412 e. The van der Waals surface area contributed by atoms with Gasteiger partial charge >= 0.3 is 17.2 Å². The highest BCUT2D eigenvalue weighted by Crippen LogP contribution is 2.79. The van der Waals surface area contributed by atoms with E-state index in [9.17, 15) is 0 Å². The fourth-order valence-corrected chi connectivity index (χ4v) is 13.7.